The Hall–Kier alpha value is -2.11. The number of aromatic nitrogens is 1. The fourth-order valence-electron chi connectivity index (χ4n) is 4.08. The number of aryl methyl sites for hydroxylation is 1. The molecule has 1 aromatic heterocycles. The minimum atomic E-state index is -0.178. The number of carbonyl (C=O) groups is 2. The number of urea groups is 1. The van der Waals surface area contributed by atoms with E-state index >= 15 is 0 Å². The van der Waals surface area contributed by atoms with Crippen LogP contribution in [0.3, 0.4) is 0 Å². The van der Waals surface area contributed by atoms with Gasteiger partial charge in [0.25, 0.3) is 0 Å². The lowest BCUT2D eigenvalue weighted by molar-refractivity contribution is -0.121. The van der Waals surface area contributed by atoms with Gasteiger partial charge >= 0.3 is 6.03 Å². The lowest BCUT2D eigenvalue weighted by Crippen LogP contribution is -2.50. The summed E-state index contributed by atoms with van der Waals surface area (Å²) in [4.78, 5) is 31.4. The zero-order chi connectivity index (χ0) is 19.1. The summed E-state index contributed by atoms with van der Waals surface area (Å²) in [5, 5.41) is 6.15. The van der Waals surface area contributed by atoms with Gasteiger partial charge in [0.05, 0.1) is 5.92 Å². The molecule has 148 valence electrons. The van der Waals surface area contributed by atoms with Crippen LogP contribution in [0.4, 0.5) is 10.6 Å². The summed E-state index contributed by atoms with van der Waals surface area (Å²) in [5.41, 5.74) is 0.945. The minimum absolute atomic E-state index is 0.00732. The largest absolute Gasteiger partial charge is 0.335 e. The minimum Gasteiger partial charge on any atom is -0.335 e. The molecule has 1 aliphatic heterocycles. The predicted molar refractivity (Wildman–Crippen MR) is 107 cm³/mol. The highest BCUT2D eigenvalue weighted by Crippen LogP contribution is 2.21. The van der Waals surface area contributed by atoms with Gasteiger partial charge in [-0.2, -0.15) is 0 Å². The molecule has 6 heteroatoms. The maximum atomic E-state index is 12.7. The zero-order valence-corrected chi connectivity index (χ0v) is 16.4. The summed E-state index contributed by atoms with van der Waals surface area (Å²) in [6, 6.07) is 4.06. The number of hydrogen-bond donors (Lipinski definition) is 2. The van der Waals surface area contributed by atoms with E-state index in [2.05, 4.69) is 15.6 Å². The van der Waals surface area contributed by atoms with Gasteiger partial charge in [-0.1, -0.05) is 38.2 Å². The van der Waals surface area contributed by atoms with Gasteiger partial charge in [0, 0.05) is 25.3 Å². The number of amides is 3. The van der Waals surface area contributed by atoms with Gasteiger partial charge in [-0.05, 0) is 44.2 Å². The molecule has 0 bridgehead atoms. The fraction of sp³-hybridized carbons (Fsp3) is 0.667. The molecule has 27 heavy (non-hydrogen) atoms. The van der Waals surface area contributed by atoms with E-state index in [1.807, 2.05) is 24.0 Å². The molecule has 0 radical (unpaired) electrons. The summed E-state index contributed by atoms with van der Waals surface area (Å²) < 4.78 is 0. The summed E-state index contributed by atoms with van der Waals surface area (Å²) in [6.45, 7) is 3.14. The third-order valence-electron chi connectivity index (χ3n) is 5.76. The van der Waals surface area contributed by atoms with Crippen molar-refractivity contribution in [2.45, 2.75) is 70.8 Å². The number of anilines is 1. The number of hydrogen-bond acceptors (Lipinski definition) is 3. The molecule has 3 rings (SSSR count). The van der Waals surface area contributed by atoms with Crippen molar-refractivity contribution in [3.05, 3.63) is 23.9 Å². The number of nitrogens with zero attached hydrogens (tertiary/aromatic N) is 2. The van der Waals surface area contributed by atoms with Crippen LogP contribution in [0.15, 0.2) is 18.3 Å². The van der Waals surface area contributed by atoms with E-state index in [1.54, 1.807) is 6.20 Å². The number of piperidine rings is 1. The molecule has 2 aliphatic rings. The topological polar surface area (TPSA) is 74.3 Å². The Morgan fingerprint density at radius 2 is 1.81 bits per heavy atom. The van der Waals surface area contributed by atoms with E-state index in [9.17, 15) is 9.59 Å². The van der Waals surface area contributed by atoms with Crippen LogP contribution < -0.4 is 10.6 Å². The van der Waals surface area contributed by atoms with E-state index in [4.69, 9.17) is 0 Å². The van der Waals surface area contributed by atoms with Crippen LogP contribution in [0.1, 0.15) is 63.4 Å². The van der Waals surface area contributed by atoms with E-state index in [-0.39, 0.29) is 23.9 Å². The van der Waals surface area contributed by atoms with Crippen molar-refractivity contribution in [2.24, 2.45) is 5.92 Å². The highest BCUT2D eigenvalue weighted by Gasteiger charge is 2.29. The molecule has 2 N–H and O–H groups in total. The van der Waals surface area contributed by atoms with Crippen LogP contribution in [0, 0.1) is 12.8 Å². The molecular formula is C21H32N4O2. The highest BCUT2D eigenvalue weighted by atomic mass is 16.2. The molecular weight excluding hydrogens is 340 g/mol. The molecule has 1 saturated carbocycles. The third kappa shape index (κ3) is 5.68. The molecule has 1 aliphatic carbocycles. The number of rotatable bonds is 3. The second kappa shape index (κ2) is 9.72. The van der Waals surface area contributed by atoms with Crippen LogP contribution in [-0.2, 0) is 4.79 Å². The predicted octanol–water partition coefficient (Wildman–Crippen LogP) is 3.86. The van der Waals surface area contributed by atoms with Gasteiger partial charge in [-0.3, -0.25) is 4.79 Å². The SMILES string of the molecule is Cc1cccnc1NC(=O)[C@@H]1CCCN(C(=O)NC2CCCCCCC2)C1. The van der Waals surface area contributed by atoms with Crippen molar-refractivity contribution in [1.82, 2.24) is 15.2 Å². The van der Waals surface area contributed by atoms with Crippen molar-refractivity contribution in [2.75, 3.05) is 18.4 Å². The van der Waals surface area contributed by atoms with Crippen LogP contribution in [-0.4, -0.2) is 41.0 Å². The molecule has 1 saturated heterocycles. The van der Waals surface area contributed by atoms with E-state index < -0.39 is 0 Å². The average Bonchev–Trinajstić information content (AvgIpc) is 2.65. The zero-order valence-electron chi connectivity index (χ0n) is 16.4. The lowest BCUT2D eigenvalue weighted by Gasteiger charge is -2.33. The number of likely N-dealkylation sites (tertiary alicyclic amines) is 1. The standard InChI is InChI=1S/C21H32N4O2/c1-16-9-7-13-22-19(16)24-20(26)17-10-8-14-25(15-17)21(27)23-18-11-5-3-2-4-6-12-18/h7,9,13,17-18H,2-6,8,10-12,14-15H2,1H3,(H,23,27)(H,22,24,26)/t17-/m1/s1. The fourth-order valence-corrected chi connectivity index (χ4v) is 4.08. The van der Waals surface area contributed by atoms with E-state index in [1.165, 1.54) is 32.1 Å². The van der Waals surface area contributed by atoms with Crippen LogP contribution in [0.5, 0.6) is 0 Å². The van der Waals surface area contributed by atoms with Crippen molar-refractivity contribution in [3.8, 4) is 0 Å². The Balaban J connectivity index is 1.52. The summed E-state index contributed by atoms with van der Waals surface area (Å²) in [6.07, 6.45) is 11.7. The first kappa shape index (κ1) is 19.6. The van der Waals surface area contributed by atoms with Crippen molar-refractivity contribution in [3.63, 3.8) is 0 Å². The van der Waals surface area contributed by atoms with E-state index in [0.717, 1.165) is 37.8 Å². The Kier molecular flexibility index (Phi) is 7.07. The molecule has 0 unspecified atom stereocenters. The number of carbonyl (C=O) groups excluding carboxylic acids is 2. The molecule has 1 aromatic rings. The molecule has 0 spiro atoms. The van der Waals surface area contributed by atoms with Crippen molar-refractivity contribution in [1.29, 1.82) is 0 Å². The monoisotopic (exact) mass is 372 g/mol. The van der Waals surface area contributed by atoms with Crippen LogP contribution in [0.2, 0.25) is 0 Å². The molecule has 1 atom stereocenters. The molecule has 6 nitrogen and oxygen atoms in total. The van der Waals surface area contributed by atoms with Gasteiger partial charge in [0.15, 0.2) is 0 Å². The Morgan fingerprint density at radius 3 is 2.56 bits per heavy atom. The number of nitrogens with one attached hydrogen (secondary N) is 2. The van der Waals surface area contributed by atoms with Gasteiger partial charge in [0.2, 0.25) is 5.91 Å². The average molecular weight is 373 g/mol. The van der Waals surface area contributed by atoms with Gasteiger partial charge in [-0.25, -0.2) is 9.78 Å². The summed E-state index contributed by atoms with van der Waals surface area (Å²) >= 11 is 0. The molecule has 0 aromatic carbocycles. The smallest absolute Gasteiger partial charge is 0.317 e. The first-order valence-corrected chi connectivity index (χ1v) is 10.4. The molecule has 2 fully saturated rings. The molecule has 3 amide bonds. The van der Waals surface area contributed by atoms with Crippen LogP contribution >= 0.6 is 0 Å². The van der Waals surface area contributed by atoms with E-state index in [0.29, 0.717) is 12.4 Å². The maximum absolute atomic E-state index is 12.7. The highest BCUT2D eigenvalue weighted by molar-refractivity contribution is 5.92. The molecule has 2 heterocycles. The Labute approximate surface area is 162 Å². The summed E-state index contributed by atoms with van der Waals surface area (Å²) in [5.74, 6) is 0.391. The van der Waals surface area contributed by atoms with Crippen molar-refractivity contribution < 1.29 is 9.59 Å². The maximum Gasteiger partial charge on any atom is 0.317 e. The normalized spacial score (nSPS) is 21.8. The quantitative estimate of drug-likeness (QED) is 0.846. The second-order valence-electron chi connectivity index (χ2n) is 7.93. The lowest BCUT2D eigenvalue weighted by atomic mass is 9.96. The Bertz CT molecular complexity index is 641. The van der Waals surface area contributed by atoms with Gasteiger partial charge in [-0.15, -0.1) is 0 Å². The third-order valence-corrected chi connectivity index (χ3v) is 5.76. The van der Waals surface area contributed by atoms with Crippen molar-refractivity contribution >= 4 is 17.8 Å². The summed E-state index contributed by atoms with van der Waals surface area (Å²) in [7, 11) is 0. The first-order valence-electron chi connectivity index (χ1n) is 10.4. The first-order chi connectivity index (χ1) is 13.1. The van der Waals surface area contributed by atoms with Gasteiger partial charge < -0.3 is 15.5 Å². The van der Waals surface area contributed by atoms with Crippen LogP contribution in [0.25, 0.3) is 0 Å². The van der Waals surface area contributed by atoms with Gasteiger partial charge in [0.1, 0.15) is 5.82 Å². The Morgan fingerprint density at radius 1 is 1.07 bits per heavy atom. The number of pyridine rings is 1. The second-order valence-corrected chi connectivity index (χ2v) is 7.93.